The van der Waals surface area contributed by atoms with Crippen LogP contribution >= 0.6 is 0 Å². The van der Waals surface area contributed by atoms with Crippen LogP contribution in [-0.4, -0.2) is 66.2 Å². The predicted molar refractivity (Wildman–Crippen MR) is 125 cm³/mol. The van der Waals surface area contributed by atoms with Gasteiger partial charge in [-0.05, 0) is 82.3 Å². The molecule has 180 valence electrons. The van der Waals surface area contributed by atoms with E-state index in [0.29, 0.717) is 19.2 Å². The second-order valence-electron chi connectivity index (χ2n) is 10.7. The molecule has 4 heterocycles. The molecule has 6 nitrogen and oxygen atoms in total. The van der Waals surface area contributed by atoms with Gasteiger partial charge in [-0.3, -0.25) is 4.79 Å². The molecule has 4 aliphatic heterocycles. The van der Waals surface area contributed by atoms with Crippen LogP contribution in [0.25, 0.3) is 0 Å². The average molecular weight is 458 g/mol. The number of carbonyl (C=O) groups is 2. The summed E-state index contributed by atoms with van der Waals surface area (Å²) in [6.07, 6.45) is 5.85. The Kier molecular flexibility index (Phi) is 5.88. The third-order valence-corrected chi connectivity index (χ3v) is 8.50. The van der Waals surface area contributed by atoms with Crippen LogP contribution in [0.3, 0.4) is 0 Å². The summed E-state index contributed by atoms with van der Waals surface area (Å²) < 4.78 is 19.6. The van der Waals surface area contributed by atoms with Crippen molar-refractivity contribution in [3.05, 3.63) is 29.6 Å². The molecule has 7 heteroatoms. The Morgan fingerprint density at radius 3 is 2.39 bits per heavy atom. The van der Waals surface area contributed by atoms with Gasteiger partial charge in [0, 0.05) is 41.7 Å². The van der Waals surface area contributed by atoms with Crippen LogP contribution in [0.4, 0.5) is 14.9 Å². The average Bonchev–Trinajstić information content (AvgIpc) is 3.24. The Hall–Kier alpha value is -2.15. The number of nitrogens with zero attached hydrogens (tertiary/aromatic N) is 3. The minimum Gasteiger partial charge on any atom is -0.450 e. The lowest BCUT2D eigenvalue weighted by molar-refractivity contribution is -0.121. The molecule has 4 aliphatic rings. The first-order chi connectivity index (χ1) is 15.8. The lowest BCUT2D eigenvalue weighted by Gasteiger charge is -2.47. The number of likely N-dealkylation sites (tertiary alicyclic amines) is 1. The van der Waals surface area contributed by atoms with E-state index in [0.717, 1.165) is 62.9 Å². The molecule has 5 rings (SSSR count). The third kappa shape index (κ3) is 3.82. The molecule has 0 aromatic heterocycles. The molecule has 1 spiro atoms. The van der Waals surface area contributed by atoms with Crippen molar-refractivity contribution in [1.82, 2.24) is 9.80 Å². The van der Waals surface area contributed by atoms with Gasteiger partial charge in [0.05, 0.1) is 6.61 Å². The fourth-order valence-corrected chi connectivity index (χ4v) is 6.84. The van der Waals surface area contributed by atoms with E-state index in [9.17, 15) is 14.0 Å². The third-order valence-electron chi connectivity index (χ3n) is 8.50. The zero-order chi connectivity index (χ0) is 23.3. The number of halogens is 1. The molecule has 3 saturated heterocycles. The SMILES string of the molecule is CCOC(=O)N1C2CCC1CC(N1CCC3(CC1)CN(C(=O)C(C)C)c1ccc(F)cc13)C2. The van der Waals surface area contributed by atoms with E-state index in [-0.39, 0.29) is 41.2 Å². The number of carbonyl (C=O) groups excluding carboxylic acids is 2. The smallest absolute Gasteiger partial charge is 0.410 e. The number of piperidine rings is 2. The van der Waals surface area contributed by atoms with Gasteiger partial charge in [0.25, 0.3) is 0 Å². The maximum Gasteiger partial charge on any atom is 0.410 e. The van der Waals surface area contributed by atoms with Gasteiger partial charge < -0.3 is 19.4 Å². The Balaban J connectivity index is 1.29. The van der Waals surface area contributed by atoms with Crippen molar-refractivity contribution in [2.45, 2.75) is 82.8 Å². The molecule has 0 saturated carbocycles. The number of benzene rings is 1. The highest BCUT2D eigenvalue weighted by Gasteiger charge is 2.50. The summed E-state index contributed by atoms with van der Waals surface area (Å²) in [6, 6.07) is 5.97. The summed E-state index contributed by atoms with van der Waals surface area (Å²) in [4.78, 5) is 31.8. The zero-order valence-electron chi connectivity index (χ0n) is 20.1. The lowest BCUT2D eigenvalue weighted by atomic mass is 9.73. The van der Waals surface area contributed by atoms with E-state index in [1.165, 1.54) is 6.07 Å². The van der Waals surface area contributed by atoms with Crippen molar-refractivity contribution in [2.24, 2.45) is 5.92 Å². The zero-order valence-corrected chi connectivity index (χ0v) is 20.1. The summed E-state index contributed by atoms with van der Waals surface area (Å²) in [6.45, 7) is 8.69. The van der Waals surface area contributed by atoms with Gasteiger partial charge >= 0.3 is 6.09 Å². The second kappa shape index (κ2) is 8.57. The molecule has 0 aliphatic carbocycles. The summed E-state index contributed by atoms with van der Waals surface area (Å²) in [5, 5.41) is 0. The lowest BCUT2D eigenvalue weighted by Crippen LogP contribution is -2.55. The van der Waals surface area contributed by atoms with Gasteiger partial charge in [0.1, 0.15) is 5.82 Å². The number of hydrogen-bond acceptors (Lipinski definition) is 4. The molecule has 33 heavy (non-hydrogen) atoms. The van der Waals surface area contributed by atoms with Gasteiger partial charge in [-0.25, -0.2) is 9.18 Å². The van der Waals surface area contributed by atoms with Gasteiger partial charge in [-0.2, -0.15) is 0 Å². The number of fused-ring (bicyclic) bond motifs is 4. The first-order valence-corrected chi connectivity index (χ1v) is 12.6. The van der Waals surface area contributed by atoms with Gasteiger partial charge in [0.15, 0.2) is 0 Å². The molecule has 1 aromatic carbocycles. The molecule has 3 fully saturated rings. The van der Waals surface area contributed by atoms with Crippen molar-refractivity contribution in [2.75, 3.05) is 31.1 Å². The molecule has 2 amide bonds. The van der Waals surface area contributed by atoms with Crippen LogP contribution in [-0.2, 0) is 14.9 Å². The predicted octanol–water partition coefficient (Wildman–Crippen LogP) is 4.31. The molecular weight excluding hydrogens is 421 g/mol. The molecule has 0 radical (unpaired) electrons. The quantitative estimate of drug-likeness (QED) is 0.679. The highest BCUT2D eigenvalue weighted by atomic mass is 19.1. The molecule has 1 aromatic rings. The number of hydrogen-bond donors (Lipinski definition) is 0. The Labute approximate surface area is 196 Å². The number of anilines is 1. The minimum absolute atomic E-state index is 0.0850. The van der Waals surface area contributed by atoms with Crippen LogP contribution in [0, 0.1) is 11.7 Å². The number of rotatable bonds is 3. The van der Waals surface area contributed by atoms with E-state index >= 15 is 0 Å². The van der Waals surface area contributed by atoms with Crippen LogP contribution in [0.15, 0.2) is 18.2 Å². The highest BCUT2D eigenvalue weighted by Crippen LogP contribution is 2.49. The molecule has 2 unspecified atom stereocenters. The van der Waals surface area contributed by atoms with E-state index in [4.69, 9.17) is 4.74 Å². The topological polar surface area (TPSA) is 53.1 Å². The summed E-state index contributed by atoms with van der Waals surface area (Å²) in [5.41, 5.74) is 1.74. The van der Waals surface area contributed by atoms with E-state index in [1.54, 1.807) is 12.1 Å². The van der Waals surface area contributed by atoms with Gasteiger partial charge in [0.2, 0.25) is 5.91 Å². The standard InChI is InChI=1S/C26H36FN3O3/c1-4-33-25(32)30-19-6-7-20(30)15-21(14-19)28-11-9-26(10-12-28)16-29(24(31)17(2)3)23-8-5-18(27)13-22(23)26/h5,8,13,17,19-21H,4,6-7,9-12,14-16H2,1-3H3. The van der Waals surface area contributed by atoms with E-state index in [2.05, 4.69) is 4.90 Å². The van der Waals surface area contributed by atoms with Crippen LogP contribution in [0.5, 0.6) is 0 Å². The molecule has 2 atom stereocenters. The molecule has 0 N–H and O–H groups in total. The number of ether oxygens (including phenoxy) is 1. The maximum absolute atomic E-state index is 14.2. The van der Waals surface area contributed by atoms with Crippen molar-refractivity contribution >= 4 is 17.7 Å². The summed E-state index contributed by atoms with van der Waals surface area (Å²) in [5.74, 6) is -0.194. The first kappa shape index (κ1) is 22.6. The minimum atomic E-state index is -0.225. The normalized spacial score (nSPS) is 28.5. The number of amides is 2. The highest BCUT2D eigenvalue weighted by molar-refractivity contribution is 5.97. The Morgan fingerprint density at radius 2 is 1.79 bits per heavy atom. The summed E-state index contributed by atoms with van der Waals surface area (Å²) in [7, 11) is 0. The van der Waals surface area contributed by atoms with E-state index in [1.807, 2.05) is 30.6 Å². The molecular formula is C26H36FN3O3. The Morgan fingerprint density at radius 1 is 1.12 bits per heavy atom. The monoisotopic (exact) mass is 457 g/mol. The van der Waals surface area contributed by atoms with Crippen molar-refractivity contribution in [1.29, 1.82) is 0 Å². The van der Waals surface area contributed by atoms with Gasteiger partial charge in [-0.15, -0.1) is 0 Å². The first-order valence-electron chi connectivity index (χ1n) is 12.6. The van der Waals surface area contributed by atoms with Crippen molar-refractivity contribution in [3.8, 4) is 0 Å². The van der Waals surface area contributed by atoms with Crippen LogP contribution in [0.2, 0.25) is 0 Å². The van der Waals surface area contributed by atoms with E-state index < -0.39 is 0 Å². The largest absolute Gasteiger partial charge is 0.450 e. The van der Waals surface area contributed by atoms with Crippen LogP contribution in [0.1, 0.15) is 64.9 Å². The van der Waals surface area contributed by atoms with Gasteiger partial charge in [-0.1, -0.05) is 13.8 Å². The maximum atomic E-state index is 14.2. The van der Waals surface area contributed by atoms with Crippen molar-refractivity contribution in [3.63, 3.8) is 0 Å². The fourth-order valence-electron chi connectivity index (χ4n) is 6.84. The second-order valence-corrected chi connectivity index (χ2v) is 10.7. The van der Waals surface area contributed by atoms with Crippen LogP contribution < -0.4 is 4.90 Å². The Bertz CT molecular complexity index is 913. The summed E-state index contributed by atoms with van der Waals surface area (Å²) >= 11 is 0. The fraction of sp³-hybridized carbons (Fsp3) is 0.692. The molecule has 2 bridgehead atoms. The van der Waals surface area contributed by atoms with Crippen molar-refractivity contribution < 1.29 is 18.7 Å².